The first-order chi connectivity index (χ1) is 12.2. The summed E-state index contributed by atoms with van der Waals surface area (Å²) in [5, 5.41) is 0.227. The third kappa shape index (κ3) is 2.85. The van der Waals surface area contributed by atoms with Crippen molar-refractivity contribution in [1.29, 1.82) is 0 Å². The predicted molar refractivity (Wildman–Crippen MR) is 100 cm³/mol. The molecule has 0 aliphatic heterocycles. The van der Waals surface area contributed by atoms with Gasteiger partial charge in [0.1, 0.15) is 5.25 Å². The minimum Gasteiger partial charge on any atom is -0.357 e. The number of nitrogens with one attached hydrogen (secondary N) is 1. The molecule has 4 aromatic rings. The SMILES string of the molecule is O=S(=O)(c1ccccc1)C(c1ccccc1)c1cc2ccccc2[nH]1. The topological polar surface area (TPSA) is 49.9 Å². The molecule has 0 aliphatic carbocycles. The van der Waals surface area contributed by atoms with Gasteiger partial charge >= 0.3 is 0 Å². The number of benzene rings is 3. The van der Waals surface area contributed by atoms with Crippen molar-refractivity contribution in [2.75, 3.05) is 0 Å². The molecule has 4 heteroatoms. The van der Waals surface area contributed by atoms with Crippen molar-refractivity contribution in [2.45, 2.75) is 10.1 Å². The molecule has 4 rings (SSSR count). The van der Waals surface area contributed by atoms with E-state index in [0.717, 1.165) is 16.5 Å². The van der Waals surface area contributed by atoms with E-state index in [4.69, 9.17) is 0 Å². The van der Waals surface area contributed by atoms with Crippen LogP contribution in [0, 0.1) is 0 Å². The van der Waals surface area contributed by atoms with Gasteiger partial charge in [-0.05, 0) is 35.2 Å². The number of aromatic nitrogens is 1. The Labute approximate surface area is 146 Å². The molecule has 1 heterocycles. The third-order valence-corrected chi connectivity index (χ3v) is 6.39. The molecule has 0 radical (unpaired) electrons. The summed E-state index contributed by atoms with van der Waals surface area (Å²) in [6.45, 7) is 0. The second-order valence-electron chi connectivity index (χ2n) is 5.96. The molecule has 0 amide bonds. The molecule has 0 saturated heterocycles. The lowest BCUT2D eigenvalue weighted by Gasteiger charge is -2.17. The van der Waals surface area contributed by atoms with E-state index in [1.54, 1.807) is 24.3 Å². The van der Waals surface area contributed by atoms with Crippen LogP contribution in [-0.4, -0.2) is 13.4 Å². The Morgan fingerprint density at radius 3 is 2.00 bits per heavy atom. The van der Waals surface area contributed by atoms with Crippen molar-refractivity contribution < 1.29 is 8.42 Å². The van der Waals surface area contributed by atoms with Gasteiger partial charge in [0.25, 0.3) is 0 Å². The molecular formula is C21H17NO2S. The largest absolute Gasteiger partial charge is 0.357 e. The number of H-pyrrole nitrogens is 1. The fourth-order valence-electron chi connectivity index (χ4n) is 3.14. The number of hydrogen-bond acceptors (Lipinski definition) is 2. The summed E-state index contributed by atoms with van der Waals surface area (Å²) in [7, 11) is -3.59. The van der Waals surface area contributed by atoms with Gasteiger partial charge in [0, 0.05) is 11.2 Å². The van der Waals surface area contributed by atoms with Gasteiger partial charge < -0.3 is 4.98 Å². The zero-order valence-corrected chi connectivity index (χ0v) is 14.3. The molecule has 1 aromatic heterocycles. The summed E-state index contributed by atoms with van der Waals surface area (Å²) in [4.78, 5) is 3.61. The fraction of sp³-hybridized carbons (Fsp3) is 0.0476. The quantitative estimate of drug-likeness (QED) is 0.580. The summed E-state index contributed by atoms with van der Waals surface area (Å²) in [5.74, 6) is 0. The number of hydrogen-bond donors (Lipinski definition) is 1. The highest BCUT2D eigenvalue weighted by atomic mass is 32.2. The van der Waals surface area contributed by atoms with Gasteiger partial charge in [0.2, 0.25) is 0 Å². The zero-order valence-electron chi connectivity index (χ0n) is 13.5. The van der Waals surface area contributed by atoms with E-state index >= 15 is 0 Å². The Bertz CT molecular complexity index is 1070. The van der Waals surface area contributed by atoms with E-state index in [-0.39, 0.29) is 0 Å². The molecule has 0 aliphatic rings. The van der Waals surface area contributed by atoms with Crippen LogP contribution in [0.3, 0.4) is 0 Å². The number of sulfone groups is 1. The molecule has 3 nitrogen and oxygen atoms in total. The lowest BCUT2D eigenvalue weighted by molar-refractivity contribution is 0.588. The monoisotopic (exact) mass is 347 g/mol. The van der Waals surface area contributed by atoms with E-state index < -0.39 is 15.1 Å². The Hall–Kier alpha value is -2.85. The predicted octanol–water partition coefficient (Wildman–Crippen LogP) is 4.73. The lowest BCUT2D eigenvalue weighted by atomic mass is 10.1. The molecule has 0 saturated carbocycles. The standard InChI is InChI=1S/C21H17NO2S/c23-25(24,18-12-5-2-6-13-18)21(16-9-3-1-4-10-16)20-15-17-11-7-8-14-19(17)22-20/h1-15,21-22H. The first-order valence-corrected chi connectivity index (χ1v) is 9.62. The van der Waals surface area contributed by atoms with E-state index in [1.807, 2.05) is 66.7 Å². The number of aromatic amines is 1. The zero-order chi connectivity index (χ0) is 17.3. The average Bonchev–Trinajstić information content (AvgIpc) is 3.06. The van der Waals surface area contributed by atoms with Crippen molar-refractivity contribution in [1.82, 2.24) is 4.98 Å². The van der Waals surface area contributed by atoms with Gasteiger partial charge in [0.15, 0.2) is 9.84 Å². The number of rotatable bonds is 4. The van der Waals surface area contributed by atoms with Gasteiger partial charge in [-0.2, -0.15) is 0 Å². The fourth-order valence-corrected chi connectivity index (χ4v) is 4.92. The summed E-state index contributed by atoms with van der Waals surface area (Å²) in [6, 6.07) is 27.7. The van der Waals surface area contributed by atoms with Gasteiger partial charge in [0.05, 0.1) is 4.90 Å². The second kappa shape index (κ2) is 6.22. The highest BCUT2D eigenvalue weighted by Crippen LogP contribution is 2.35. The van der Waals surface area contributed by atoms with Gasteiger partial charge in [-0.1, -0.05) is 66.7 Å². The van der Waals surface area contributed by atoms with Crippen LogP contribution < -0.4 is 0 Å². The number of fused-ring (bicyclic) bond motifs is 1. The summed E-state index contributed by atoms with van der Waals surface area (Å²) < 4.78 is 26.8. The molecule has 1 atom stereocenters. The molecule has 3 aromatic carbocycles. The van der Waals surface area contributed by atoms with E-state index in [0.29, 0.717) is 10.6 Å². The maximum atomic E-state index is 13.4. The first kappa shape index (κ1) is 15.7. The van der Waals surface area contributed by atoms with Crippen LogP contribution in [0.2, 0.25) is 0 Å². The van der Waals surface area contributed by atoms with E-state index in [9.17, 15) is 8.42 Å². The average molecular weight is 347 g/mol. The molecule has 25 heavy (non-hydrogen) atoms. The highest BCUT2D eigenvalue weighted by Gasteiger charge is 2.31. The first-order valence-electron chi connectivity index (χ1n) is 8.08. The van der Waals surface area contributed by atoms with Crippen molar-refractivity contribution in [2.24, 2.45) is 0 Å². The Morgan fingerprint density at radius 2 is 1.32 bits per heavy atom. The normalized spacial score (nSPS) is 13.0. The van der Waals surface area contributed by atoms with Crippen LogP contribution in [0.25, 0.3) is 10.9 Å². The smallest absolute Gasteiger partial charge is 0.191 e. The summed E-state index contributed by atoms with van der Waals surface area (Å²) in [5.41, 5.74) is 2.36. The van der Waals surface area contributed by atoms with Crippen molar-refractivity contribution in [3.8, 4) is 0 Å². The van der Waals surface area contributed by atoms with Crippen LogP contribution in [0.15, 0.2) is 95.9 Å². The summed E-state index contributed by atoms with van der Waals surface area (Å²) in [6.07, 6.45) is 0. The van der Waals surface area contributed by atoms with Gasteiger partial charge in [-0.25, -0.2) is 8.42 Å². The van der Waals surface area contributed by atoms with Gasteiger partial charge in [-0.15, -0.1) is 0 Å². The lowest BCUT2D eigenvalue weighted by Crippen LogP contribution is -2.15. The van der Waals surface area contributed by atoms with Crippen LogP contribution in [0.4, 0.5) is 0 Å². The third-order valence-electron chi connectivity index (χ3n) is 4.32. The number of para-hydroxylation sites is 1. The van der Waals surface area contributed by atoms with Crippen LogP contribution in [0.5, 0.6) is 0 Å². The van der Waals surface area contributed by atoms with E-state index in [2.05, 4.69) is 4.98 Å². The second-order valence-corrected chi connectivity index (χ2v) is 7.99. The van der Waals surface area contributed by atoms with Crippen LogP contribution in [0.1, 0.15) is 16.5 Å². The molecule has 0 bridgehead atoms. The minimum absolute atomic E-state index is 0.322. The van der Waals surface area contributed by atoms with E-state index in [1.165, 1.54) is 0 Å². The maximum absolute atomic E-state index is 13.4. The van der Waals surface area contributed by atoms with Crippen molar-refractivity contribution in [3.63, 3.8) is 0 Å². The maximum Gasteiger partial charge on any atom is 0.191 e. The molecule has 1 unspecified atom stereocenters. The molecule has 124 valence electrons. The van der Waals surface area contributed by atoms with Crippen molar-refractivity contribution >= 4 is 20.7 Å². The van der Waals surface area contributed by atoms with Crippen LogP contribution in [-0.2, 0) is 9.84 Å². The van der Waals surface area contributed by atoms with Crippen LogP contribution >= 0.6 is 0 Å². The Balaban J connectivity index is 1.94. The molecule has 1 N–H and O–H groups in total. The molecule has 0 spiro atoms. The summed E-state index contributed by atoms with van der Waals surface area (Å²) >= 11 is 0. The molecule has 0 fully saturated rings. The highest BCUT2D eigenvalue weighted by molar-refractivity contribution is 7.91. The Morgan fingerprint density at radius 1 is 0.720 bits per heavy atom. The Kier molecular flexibility index (Phi) is 3.90. The van der Waals surface area contributed by atoms with Crippen molar-refractivity contribution in [3.05, 3.63) is 102 Å². The molecular weight excluding hydrogens is 330 g/mol. The minimum atomic E-state index is -3.59. The van der Waals surface area contributed by atoms with Gasteiger partial charge in [-0.3, -0.25) is 0 Å².